The van der Waals surface area contributed by atoms with Crippen molar-refractivity contribution in [3.05, 3.63) is 24.3 Å². The molecule has 7 heteroatoms. The molecule has 7 nitrogen and oxygen atoms in total. The van der Waals surface area contributed by atoms with E-state index < -0.39 is 5.60 Å². The molecule has 1 aliphatic rings. The van der Waals surface area contributed by atoms with Crippen LogP contribution in [0.2, 0.25) is 0 Å². The van der Waals surface area contributed by atoms with Crippen LogP contribution < -0.4 is 10.5 Å². The molecule has 0 atom stereocenters. The van der Waals surface area contributed by atoms with Gasteiger partial charge in [-0.05, 0) is 32.9 Å². The fraction of sp³-hybridized carbons (Fsp3) is 0.529. The van der Waals surface area contributed by atoms with Crippen molar-refractivity contribution in [2.45, 2.75) is 26.4 Å². The number of anilines is 1. The van der Waals surface area contributed by atoms with E-state index in [-0.39, 0.29) is 18.6 Å². The maximum Gasteiger partial charge on any atom is 0.410 e. The van der Waals surface area contributed by atoms with Crippen LogP contribution in [-0.4, -0.2) is 60.2 Å². The SMILES string of the molecule is CC(C)(C)OC(=O)N1CCN(C(=O)COc2cccc(N)c2)CC1. The third-order valence-corrected chi connectivity index (χ3v) is 3.50. The number of nitrogens with two attached hydrogens (primary N) is 1. The molecule has 0 aromatic heterocycles. The largest absolute Gasteiger partial charge is 0.484 e. The molecule has 1 fully saturated rings. The van der Waals surface area contributed by atoms with Crippen molar-refractivity contribution in [1.29, 1.82) is 0 Å². The third-order valence-electron chi connectivity index (χ3n) is 3.50. The fourth-order valence-corrected chi connectivity index (χ4v) is 2.31. The highest BCUT2D eigenvalue weighted by molar-refractivity contribution is 5.78. The van der Waals surface area contributed by atoms with Crippen molar-refractivity contribution in [3.63, 3.8) is 0 Å². The normalized spacial score (nSPS) is 15.1. The summed E-state index contributed by atoms with van der Waals surface area (Å²) in [4.78, 5) is 27.5. The summed E-state index contributed by atoms with van der Waals surface area (Å²) in [5, 5.41) is 0. The Balaban J connectivity index is 1.77. The van der Waals surface area contributed by atoms with Gasteiger partial charge >= 0.3 is 6.09 Å². The van der Waals surface area contributed by atoms with Crippen molar-refractivity contribution in [2.75, 3.05) is 38.5 Å². The van der Waals surface area contributed by atoms with Crippen molar-refractivity contribution < 1.29 is 19.1 Å². The highest BCUT2D eigenvalue weighted by Crippen LogP contribution is 2.15. The lowest BCUT2D eigenvalue weighted by molar-refractivity contribution is -0.135. The molecule has 1 saturated heterocycles. The molecule has 2 rings (SSSR count). The lowest BCUT2D eigenvalue weighted by Gasteiger charge is -2.35. The molecule has 132 valence electrons. The van der Waals surface area contributed by atoms with Gasteiger partial charge in [-0.15, -0.1) is 0 Å². The Bertz CT molecular complexity index is 590. The molecular weight excluding hydrogens is 310 g/mol. The molecule has 0 unspecified atom stereocenters. The summed E-state index contributed by atoms with van der Waals surface area (Å²) in [5.74, 6) is 0.456. The Morgan fingerprint density at radius 3 is 2.33 bits per heavy atom. The summed E-state index contributed by atoms with van der Waals surface area (Å²) >= 11 is 0. The molecule has 0 aliphatic carbocycles. The summed E-state index contributed by atoms with van der Waals surface area (Å²) in [7, 11) is 0. The number of piperazine rings is 1. The number of nitrogens with zero attached hydrogens (tertiary/aromatic N) is 2. The first kappa shape index (κ1) is 17.9. The van der Waals surface area contributed by atoms with Gasteiger partial charge in [0.2, 0.25) is 0 Å². The average Bonchev–Trinajstić information content (AvgIpc) is 2.51. The molecule has 0 saturated carbocycles. The number of benzene rings is 1. The maximum absolute atomic E-state index is 12.2. The first-order valence-electron chi connectivity index (χ1n) is 7.99. The number of hydrogen-bond acceptors (Lipinski definition) is 5. The minimum atomic E-state index is -0.518. The van der Waals surface area contributed by atoms with Gasteiger partial charge in [0.05, 0.1) is 0 Å². The summed E-state index contributed by atoms with van der Waals surface area (Å²) in [5.41, 5.74) is 5.74. The second-order valence-electron chi connectivity index (χ2n) is 6.71. The number of hydrogen-bond donors (Lipinski definition) is 1. The number of carbonyl (C=O) groups is 2. The van der Waals surface area contributed by atoms with E-state index in [4.69, 9.17) is 15.2 Å². The molecule has 24 heavy (non-hydrogen) atoms. The summed E-state index contributed by atoms with van der Waals surface area (Å²) < 4.78 is 10.8. The van der Waals surface area contributed by atoms with E-state index in [0.717, 1.165) is 0 Å². The van der Waals surface area contributed by atoms with Crippen LogP contribution >= 0.6 is 0 Å². The molecular formula is C17H25N3O4. The Morgan fingerprint density at radius 2 is 1.75 bits per heavy atom. The zero-order valence-corrected chi connectivity index (χ0v) is 14.4. The first-order valence-corrected chi connectivity index (χ1v) is 7.99. The molecule has 1 aromatic carbocycles. The van der Waals surface area contributed by atoms with Gasteiger partial charge in [-0.3, -0.25) is 4.79 Å². The van der Waals surface area contributed by atoms with Crippen molar-refractivity contribution >= 4 is 17.7 Å². The molecule has 1 heterocycles. The minimum Gasteiger partial charge on any atom is -0.484 e. The highest BCUT2D eigenvalue weighted by atomic mass is 16.6. The average molecular weight is 335 g/mol. The van der Waals surface area contributed by atoms with E-state index in [2.05, 4.69) is 0 Å². The van der Waals surface area contributed by atoms with Crippen LogP contribution in [0.3, 0.4) is 0 Å². The maximum atomic E-state index is 12.2. The minimum absolute atomic E-state index is 0.0457. The first-order chi connectivity index (χ1) is 11.2. The van der Waals surface area contributed by atoms with Gasteiger partial charge in [-0.1, -0.05) is 6.07 Å². The van der Waals surface area contributed by atoms with E-state index in [1.165, 1.54) is 0 Å². The van der Waals surface area contributed by atoms with Gasteiger partial charge in [-0.25, -0.2) is 4.79 Å². The zero-order chi connectivity index (χ0) is 17.7. The Labute approximate surface area is 142 Å². The number of ether oxygens (including phenoxy) is 2. The van der Waals surface area contributed by atoms with E-state index in [1.807, 2.05) is 20.8 Å². The molecule has 0 spiro atoms. The predicted molar refractivity (Wildman–Crippen MR) is 90.7 cm³/mol. The van der Waals surface area contributed by atoms with Gasteiger partial charge in [0.25, 0.3) is 5.91 Å². The van der Waals surface area contributed by atoms with Crippen LogP contribution in [0, 0.1) is 0 Å². The van der Waals surface area contributed by atoms with Gasteiger partial charge in [-0.2, -0.15) is 0 Å². The Morgan fingerprint density at radius 1 is 1.12 bits per heavy atom. The van der Waals surface area contributed by atoms with Crippen LogP contribution in [-0.2, 0) is 9.53 Å². The molecule has 1 aliphatic heterocycles. The van der Waals surface area contributed by atoms with Crippen molar-refractivity contribution in [2.24, 2.45) is 0 Å². The summed E-state index contributed by atoms with van der Waals surface area (Å²) in [6, 6.07) is 6.96. The molecule has 1 aromatic rings. The molecule has 2 N–H and O–H groups in total. The summed E-state index contributed by atoms with van der Waals surface area (Å²) in [6.45, 7) is 7.31. The van der Waals surface area contributed by atoms with E-state index >= 15 is 0 Å². The third kappa shape index (κ3) is 5.33. The van der Waals surface area contributed by atoms with Crippen LogP contribution in [0.1, 0.15) is 20.8 Å². The van der Waals surface area contributed by atoms with Gasteiger partial charge in [0.1, 0.15) is 11.4 Å². The fourth-order valence-electron chi connectivity index (χ4n) is 2.31. The lowest BCUT2D eigenvalue weighted by Crippen LogP contribution is -2.52. The lowest BCUT2D eigenvalue weighted by atomic mass is 10.2. The van der Waals surface area contributed by atoms with Gasteiger partial charge < -0.3 is 25.0 Å². The molecule has 0 radical (unpaired) electrons. The number of rotatable bonds is 3. The number of nitrogen functional groups attached to an aromatic ring is 1. The number of amides is 2. The Hall–Kier alpha value is -2.44. The topological polar surface area (TPSA) is 85.1 Å². The smallest absolute Gasteiger partial charge is 0.410 e. The monoisotopic (exact) mass is 335 g/mol. The highest BCUT2D eigenvalue weighted by Gasteiger charge is 2.27. The van der Waals surface area contributed by atoms with Crippen LogP contribution in [0.25, 0.3) is 0 Å². The van der Waals surface area contributed by atoms with Crippen LogP contribution in [0.4, 0.5) is 10.5 Å². The van der Waals surface area contributed by atoms with Gasteiger partial charge in [0.15, 0.2) is 6.61 Å². The standard InChI is InChI=1S/C17H25N3O4/c1-17(2,3)24-16(22)20-9-7-19(8-10-20)15(21)12-23-14-6-4-5-13(18)11-14/h4-6,11H,7-10,12,18H2,1-3H3. The van der Waals surface area contributed by atoms with Crippen molar-refractivity contribution in [1.82, 2.24) is 9.80 Å². The number of carbonyl (C=O) groups excluding carboxylic acids is 2. The molecule has 0 bridgehead atoms. The van der Waals surface area contributed by atoms with E-state index in [9.17, 15) is 9.59 Å². The van der Waals surface area contributed by atoms with E-state index in [1.54, 1.807) is 34.1 Å². The van der Waals surface area contributed by atoms with E-state index in [0.29, 0.717) is 37.6 Å². The zero-order valence-electron chi connectivity index (χ0n) is 14.4. The van der Waals surface area contributed by atoms with Crippen molar-refractivity contribution in [3.8, 4) is 5.75 Å². The van der Waals surface area contributed by atoms with Gasteiger partial charge in [0, 0.05) is 37.9 Å². The quantitative estimate of drug-likeness (QED) is 0.850. The van der Waals surface area contributed by atoms with Crippen LogP contribution in [0.5, 0.6) is 5.75 Å². The Kier molecular flexibility index (Phi) is 5.54. The molecule has 2 amide bonds. The second kappa shape index (κ2) is 7.42. The second-order valence-corrected chi connectivity index (χ2v) is 6.71. The predicted octanol–water partition coefficient (Wildman–Crippen LogP) is 1.73. The van der Waals surface area contributed by atoms with Crippen LogP contribution in [0.15, 0.2) is 24.3 Å². The summed E-state index contributed by atoms with van der Waals surface area (Å²) in [6.07, 6.45) is -0.342.